The van der Waals surface area contributed by atoms with Crippen LogP contribution in [0.1, 0.15) is 6.92 Å². The summed E-state index contributed by atoms with van der Waals surface area (Å²) in [6.07, 6.45) is 0. The number of aliphatic imine (C=N–C) groups is 1. The number of hydrogen-bond donors (Lipinski definition) is 0. The highest BCUT2D eigenvalue weighted by molar-refractivity contribution is 8.14. The van der Waals surface area contributed by atoms with Crippen molar-refractivity contribution in [2.45, 2.75) is 18.3 Å². The van der Waals surface area contributed by atoms with E-state index in [1.54, 1.807) is 0 Å². The number of thioether (sulfide) groups is 1. The van der Waals surface area contributed by atoms with Gasteiger partial charge in [-0.25, -0.2) is 4.79 Å². The Bertz CT molecular complexity index is 451. The van der Waals surface area contributed by atoms with Crippen LogP contribution in [0.5, 0.6) is 0 Å². The first-order chi connectivity index (χ1) is 7.60. The zero-order valence-electron chi connectivity index (χ0n) is 8.89. The Balaban J connectivity index is 2.23. The van der Waals surface area contributed by atoms with Gasteiger partial charge >= 0.3 is 5.97 Å². The molecule has 1 fully saturated rings. The van der Waals surface area contributed by atoms with Crippen molar-refractivity contribution in [3.05, 3.63) is 18.0 Å². The van der Waals surface area contributed by atoms with E-state index >= 15 is 0 Å². The Labute approximate surface area is 96.8 Å². The van der Waals surface area contributed by atoms with E-state index in [0.717, 1.165) is 5.04 Å². The number of fused-ring (bicyclic) bond motifs is 1. The van der Waals surface area contributed by atoms with Crippen LogP contribution < -0.4 is 0 Å². The number of likely N-dealkylation sites (tertiary alicyclic amines) is 1. The van der Waals surface area contributed by atoms with Crippen LogP contribution in [0.2, 0.25) is 0 Å². The van der Waals surface area contributed by atoms with Crippen molar-refractivity contribution in [3.8, 4) is 0 Å². The first-order valence-electron chi connectivity index (χ1n) is 4.62. The first-order valence-corrected chi connectivity index (χ1v) is 5.50. The third-order valence-corrected chi connectivity index (χ3v) is 3.57. The molecule has 0 aliphatic carbocycles. The van der Waals surface area contributed by atoms with Gasteiger partial charge in [0.15, 0.2) is 11.7 Å². The summed E-state index contributed by atoms with van der Waals surface area (Å²) in [5.41, 5.74) is 2.51. The Morgan fingerprint density at radius 1 is 1.69 bits per heavy atom. The molecule has 0 saturated carbocycles. The molecule has 0 radical (unpaired) electrons. The second-order valence-electron chi connectivity index (χ2n) is 3.33. The average molecular weight is 238 g/mol. The van der Waals surface area contributed by atoms with Gasteiger partial charge in [0.05, 0.1) is 12.2 Å². The molecule has 0 aromatic heterocycles. The van der Waals surface area contributed by atoms with Gasteiger partial charge in [-0.15, -0.1) is 0 Å². The molecule has 0 spiro atoms. The third kappa shape index (κ3) is 1.38. The van der Waals surface area contributed by atoms with E-state index < -0.39 is 5.97 Å². The van der Waals surface area contributed by atoms with E-state index in [2.05, 4.69) is 22.0 Å². The van der Waals surface area contributed by atoms with Crippen molar-refractivity contribution < 1.29 is 14.3 Å². The Hall–Kier alpha value is -1.52. The number of β-lactam (4-membered cyclic amide) rings is 1. The minimum absolute atomic E-state index is 0.0613. The van der Waals surface area contributed by atoms with Gasteiger partial charge in [-0.1, -0.05) is 24.1 Å². The van der Waals surface area contributed by atoms with E-state index in [1.165, 1.54) is 23.8 Å². The standard InChI is InChI=1S/C10H10N2O3S/c1-4-6(10(14)15-3)12-8(13)7-9(12)16-5(2)11-7/h7,9H,1H2,2-3H3. The zero-order valence-corrected chi connectivity index (χ0v) is 9.71. The molecule has 16 heavy (non-hydrogen) atoms. The summed E-state index contributed by atoms with van der Waals surface area (Å²) in [6, 6.07) is -0.363. The molecule has 0 aromatic carbocycles. The van der Waals surface area contributed by atoms with E-state index in [1.807, 2.05) is 6.92 Å². The predicted octanol–water partition coefficient (Wildman–Crippen LogP) is 0.530. The maximum absolute atomic E-state index is 11.7. The topological polar surface area (TPSA) is 59.0 Å². The Morgan fingerprint density at radius 2 is 2.38 bits per heavy atom. The Kier molecular flexibility index (Phi) is 2.61. The van der Waals surface area contributed by atoms with Gasteiger partial charge in [0.25, 0.3) is 5.91 Å². The number of carbonyl (C=O) groups is 2. The molecule has 6 heteroatoms. The SMILES string of the molecule is C=C=C(C(=O)OC)N1C(=O)C2N=C(C)SC21. The molecular formula is C10H10N2O3S. The quantitative estimate of drug-likeness (QED) is 0.305. The van der Waals surface area contributed by atoms with Gasteiger partial charge in [-0.3, -0.25) is 14.7 Å². The predicted molar refractivity (Wildman–Crippen MR) is 59.8 cm³/mol. The molecule has 2 aliphatic rings. The fourth-order valence-corrected chi connectivity index (χ4v) is 2.82. The zero-order chi connectivity index (χ0) is 11.9. The molecule has 2 unspecified atom stereocenters. The molecule has 84 valence electrons. The number of hydrogen-bond acceptors (Lipinski definition) is 5. The Morgan fingerprint density at radius 3 is 2.94 bits per heavy atom. The van der Waals surface area contributed by atoms with Crippen LogP contribution in [0.15, 0.2) is 23.0 Å². The highest BCUT2D eigenvalue weighted by atomic mass is 32.2. The summed E-state index contributed by atoms with van der Waals surface area (Å²) >= 11 is 1.46. The van der Waals surface area contributed by atoms with Crippen LogP contribution in [0.25, 0.3) is 0 Å². The normalized spacial score (nSPS) is 26.5. The molecule has 0 N–H and O–H groups in total. The summed E-state index contributed by atoms with van der Waals surface area (Å²) in [7, 11) is 1.25. The van der Waals surface area contributed by atoms with Crippen molar-refractivity contribution in [1.29, 1.82) is 0 Å². The monoisotopic (exact) mass is 238 g/mol. The summed E-state index contributed by atoms with van der Waals surface area (Å²) in [5.74, 6) is -0.808. The largest absolute Gasteiger partial charge is 0.464 e. The van der Waals surface area contributed by atoms with Gasteiger partial charge < -0.3 is 4.74 Å². The second-order valence-corrected chi connectivity index (χ2v) is 4.64. The summed E-state index contributed by atoms with van der Waals surface area (Å²) in [4.78, 5) is 28.6. The summed E-state index contributed by atoms with van der Waals surface area (Å²) in [6.45, 7) is 5.23. The van der Waals surface area contributed by atoms with Crippen LogP contribution >= 0.6 is 11.8 Å². The lowest BCUT2D eigenvalue weighted by molar-refractivity contribution is -0.148. The van der Waals surface area contributed by atoms with E-state index in [0.29, 0.717) is 0 Å². The van der Waals surface area contributed by atoms with Gasteiger partial charge in [0.2, 0.25) is 0 Å². The van der Waals surface area contributed by atoms with Gasteiger partial charge in [0, 0.05) is 0 Å². The fourth-order valence-electron chi connectivity index (χ4n) is 1.68. The summed E-state index contributed by atoms with van der Waals surface area (Å²) in [5, 5.41) is 0.704. The lowest BCUT2D eigenvalue weighted by Gasteiger charge is -2.40. The van der Waals surface area contributed by atoms with Crippen molar-refractivity contribution in [2.24, 2.45) is 4.99 Å². The number of amides is 1. The van der Waals surface area contributed by atoms with Crippen molar-refractivity contribution in [3.63, 3.8) is 0 Å². The summed E-state index contributed by atoms with van der Waals surface area (Å²) < 4.78 is 4.56. The molecule has 1 amide bonds. The molecular weight excluding hydrogens is 228 g/mol. The molecule has 2 aliphatic heterocycles. The van der Waals surface area contributed by atoms with Crippen LogP contribution in [0.4, 0.5) is 0 Å². The molecule has 0 aromatic rings. The van der Waals surface area contributed by atoms with Crippen molar-refractivity contribution >= 4 is 28.7 Å². The molecule has 1 saturated heterocycles. The van der Waals surface area contributed by atoms with Gasteiger partial charge in [0.1, 0.15) is 5.37 Å². The molecule has 5 nitrogen and oxygen atoms in total. The number of carbonyl (C=O) groups excluding carboxylic acids is 2. The number of esters is 1. The minimum atomic E-state index is -0.605. The van der Waals surface area contributed by atoms with Gasteiger partial charge in [-0.2, -0.15) is 0 Å². The van der Waals surface area contributed by atoms with E-state index in [-0.39, 0.29) is 23.0 Å². The highest BCUT2D eigenvalue weighted by Gasteiger charge is 2.54. The average Bonchev–Trinajstić information content (AvgIpc) is 2.62. The highest BCUT2D eigenvalue weighted by Crippen LogP contribution is 2.40. The lowest BCUT2D eigenvalue weighted by Crippen LogP contribution is -2.60. The first kappa shape index (κ1) is 11.0. The minimum Gasteiger partial charge on any atom is -0.464 e. The van der Waals surface area contributed by atoms with Crippen LogP contribution in [0, 0.1) is 0 Å². The smallest absolute Gasteiger partial charge is 0.363 e. The number of methoxy groups -OCH3 is 1. The maximum Gasteiger partial charge on any atom is 0.363 e. The number of ether oxygens (including phenoxy) is 1. The molecule has 2 atom stereocenters. The molecule has 2 rings (SSSR count). The second kappa shape index (κ2) is 3.81. The third-order valence-electron chi connectivity index (χ3n) is 2.41. The maximum atomic E-state index is 11.7. The fraction of sp³-hybridized carbons (Fsp3) is 0.400. The van der Waals surface area contributed by atoms with Gasteiger partial charge in [-0.05, 0) is 6.92 Å². The number of nitrogens with zero attached hydrogens (tertiary/aromatic N) is 2. The lowest BCUT2D eigenvalue weighted by atomic mass is 10.1. The van der Waals surface area contributed by atoms with Crippen LogP contribution in [-0.2, 0) is 14.3 Å². The molecule has 0 bridgehead atoms. The van der Waals surface area contributed by atoms with Crippen molar-refractivity contribution in [2.75, 3.05) is 7.11 Å². The van der Waals surface area contributed by atoms with Crippen LogP contribution in [0.3, 0.4) is 0 Å². The van der Waals surface area contributed by atoms with E-state index in [9.17, 15) is 9.59 Å². The number of rotatable bonds is 2. The molecule has 2 heterocycles. The van der Waals surface area contributed by atoms with E-state index in [4.69, 9.17) is 0 Å². The van der Waals surface area contributed by atoms with Crippen LogP contribution in [-0.4, -0.2) is 40.3 Å². The van der Waals surface area contributed by atoms with Crippen molar-refractivity contribution in [1.82, 2.24) is 4.90 Å².